The first kappa shape index (κ1) is 23.1. The number of oxazole rings is 1. The number of likely N-dealkylation sites (tertiary alicyclic amines) is 1. The Hall–Kier alpha value is -2.07. The van der Waals surface area contributed by atoms with E-state index in [1.165, 1.54) is 0 Å². The van der Waals surface area contributed by atoms with E-state index in [2.05, 4.69) is 20.5 Å². The van der Waals surface area contributed by atoms with Crippen LogP contribution in [0.15, 0.2) is 28.7 Å². The van der Waals surface area contributed by atoms with Crippen molar-refractivity contribution in [1.29, 1.82) is 0 Å². The first-order chi connectivity index (χ1) is 15.6. The lowest BCUT2D eigenvalue weighted by atomic mass is 9.90. The van der Waals surface area contributed by atoms with Crippen LogP contribution in [0.25, 0.3) is 11.5 Å². The minimum absolute atomic E-state index is 0.00129. The van der Waals surface area contributed by atoms with Crippen LogP contribution in [0.1, 0.15) is 24.3 Å². The van der Waals surface area contributed by atoms with Crippen molar-refractivity contribution in [2.24, 2.45) is 5.92 Å². The van der Waals surface area contributed by atoms with Crippen molar-refractivity contribution in [1.82, 2.24) is 20.5 Å². The maximum atomic E-state index is 12.8. The van der Waals surface area contributed by atoms with Crippen molar-refractivity contribution >= 4 is 17.7 Å². The second kappa shape index (κ2) is 10.7. The number of hydrogen-bond donors (Lipinski definition) is 2. The first-order valence-electron chi connectivity index (χ1n) is 11.1. The average Bonchev–Trinajstić information content (AvgIpc) is 3.18. The molecule has 2 aliphatic rings. The molecule has 2 aromatic rings. The number of thioether (sulfide) groups is 1. The Morgan fingerprint density at radius 2 is 2.09 bits per heavy atom. The second-order valence-corrected chi connectivity index (χ2v) is 9.36. The van der Waals surface area contributed by atoms with Crippen LogP contribution in [0.3, 0.4) is 0 Å². The highest BCUT2D eigenvalue weighted by Gasteiger charge is 2.39. The Balaban J connectivity index is 1.31. The third-order valence-electron chi connectivity index (χ3n) is 6.11. The molecule has 3 unspecified atom stereocenters. The molecule has 3 heterocycles. The van der Waals surface area contributed by atoms with Crippen molar-refractivity contribution in [3.63, 3.8) is 0 Å². The Labute approximate surface area is 193 Å². The van der Waals surface area contributed by atoms with Crippen molar-refractivity contribution in [3.8, 4) is 17.2 Å². The normalized spacial score (nSPS) is 23.6. The topological polar surface area (TPSA) is 88.9 Å². The second-order valence-electron chi connectivity index (χ2n) is 8.27. The molecule has 0 bridgehead atoms. The third-order valence-corrected chi connectivity index (χ3v) is 7.14. The van der Waals surface area contributed by atoms with Gasteiger partial charge in [0.15, 0.2) is 0 Å². The first-order valence-corrected chi connectivity index (χ1v) is 12.1. The summed E-state index contributed by atoms with van der Waals surface area (Å²) in [4.78, 5) is 19.8. The highest BCUT2D eigenvalue weighted by atomic mass is 32.2. The number of aromatic nitrogens is 1. The zero-order valence-electron chi connectivity index (χ0n) is 18.9. The van der Waals surface area contributed by atoms with Gasteiger partial charge in [0.2, 0.25) is 11.8 Å². The van der Waals surface area contributed by atoms with Gasteiger partial charge in [-0.1, -0.05) is 0 Å². The SMILES string of the molecule is COCCCN1CCC2NC(SCc3nc(-c4ccc(OC)cc4)oc3C)NC(=O)C2C1. The van der Waals surface area contributed by atoms with Crippen LogP contribution < -0.4 is 15.4 Å². The maximum Gasteiger partial charge on any atom is 0.227 e. The summed E-state index contributed by atoms with van der Waals surface area (Å²) in [5, 5.41) is 6.76. The molecule has 2 saturated heterocycles. The molecule has 1 aromatic heterocycles. The summed E-state index contributed by atoms with van der Waals surface area (Å²) < 4.78 is 16.2. The Kier molecular flexibility index (Phi) is 7.72. The van der Waals surface area contributed by atoms with Gasteiger partial charge in [0.25, 0.3) is 0 Å². The predicted molar refractivity (Wildman–Crippen MR) is 124 cm³/mol. The molecule has 0 aliphatic carbocycles. The van der Waals surface area contributed by atoms with Gasteiger partial charge in [-0.25, -0.2) is 4.98 Å². The van der Waals surface area contributed by atoms with E-state index >= 15 is 0 Å². The zero-order chi connectivity index (χ0) is 22.5. The van der Waals surface area contributed by atoms with Gasteiger partial charge in [0.05, 0.1) is 18.7 Å². The molecule has 1 amide bonds. The van der Waals surface area contributed by atoms with Crippen molar-refractivity contribution in [2.75, 3.05) is 40.5 Å². The molecule has 3 atom stereocenters. The molecule has 0 saturated carbocycles. The number of rotatable bonds is 9. The largest absolute Gasteiger partial charge is 0.497 e. The predicted octanol–water partition coefficient (Wildman–Crippen LogP) is 2.62. The van der Waals surface area contributed by atoms with Gasteiger partial charge in [-0.2, -0.15) is 0 Å². The van der Waals surface area contributed by atoms with Gasteiger partial charge in [0.1, 0.15) is 17.0 Å². The number of fused-ring (bicyclic) bond motifs is 1. The molecule has 1 aromatic carbocycles. The molecule has 2 aliphatic heterocycles. The van der Waals surface area contributed by atoms with Crippen LogP contribution in [0.2, 0.25) is 0 Å². The molecule has 8 nitrogen and oxygen atoms in total. The van der Waals surface area contributed by atoms with Crippen LogP contribution in [-0.4, -0.2) is 67.8 Å². The zero-order valence-corrected chi connectivity index (χ0v) is 19.7. The number of nitrogens with zero attached hydrogens (tertiary/aromatic N) is 2. The molecule has 0 radical (unpaired) electrons. The number of amides is 1. The maximum absolute atomic E-state index is 12.8. The number of benzene rings is 1. The summed E-state index contributed by atoms with van der Waals surface area (Å²) in [6.45, 7) is 5.48. The molecule has 9 heteroatoms. The minimum atomic E-state index is -0.121. The van der Waals surface area contributed by atoms with Crippen molar-refractivity contribution < 1.29 is 18.7 Å². The summed E-state index contributed by atoms with van der Waals surface area (Å²) in [6, 6.07) is 7.87. The fourth-order valence-electron chi connectivity index (χ4n) is 4.26. The number of nitrogens with one attached hydrogen (secondary N) is 2. The molecule has 0 spiro atoms. The minimum Gasteiger partial charge on any atom is -0.497 e. The Morgan fingerprint density at radius 1 is 1.28 bits per heavy atom. The molecule has 32 heavy (non-hydrogen) atoms. The quantitative estimate of drug-likeness (QED) is 0.552. The fraction of sp³-hybridized carbons (Fsp3) is 0.565. The highest BCUT2D eigenvalue weighted by molar-refractivity contribution is 7.99. The molecular weight excluding hydrogens is 428 g/mol. The van der Waals surface area contributed by atoms with Crippen molar-refractivity contribution in [2.45, 2.75) is 37.1 Å². The Bertz CT molecular complexity index is 904. The number of aryl methyl sites for hydroxylation is 1. The van der Waals surface area contributed by atoms with E-state index in [0.717, 1.165) is 61.8 Å². The van der Waals surface area contributed by atoms with Gasteiger partial charge in [-0.05, 0) is 50.6 Å². The van der Waals surface area contributed by atoms with Crippen LogP contribution in [0.4, 0.5) is 0 Å². The van der Waals surface area contributed by atoms with E-state index in [1.807, 2.05) is 31.2 Å². The van der Waals surface area contributed by atoms with E-state index in [4.69, 9.17) is 13.9 Å². The van der Waals surface area contributed by atoms with Gasteiger partial charge in [0, 0.05) is 44.2 Å². The molecule has 174 valence electrons. The summed E-state index contributed by atoms with van der Waals surface area (Å²) in [5.41, 5.74) is 1.69. The third kappa shape index (κ3) is 5.46. The Morgan fingerprint density at radius 3 is 2.84 bits per heavy atom. The number of hydrogen-bond acceptors (Lipinski definition) is 8. The lowest BCUT2D eigenvalue weighted by molar-refractivity contribution is -0.130. The average molecular weight is 461 g/mol. The molecular formula is C23H32N4O4S. The highest BCUT2D eigenvalue weighted by Crippen LogP contribution is 2.28. The van der Waals surface area contributed by atoms with Gasteiger partial charge in [-0.15, -0.1) is 11.8 Å². The van der Waals surface area contributed by atoms with Crippen LogP contribution in [-0.2, 0) is 15.3 Å². The van der Waals surface area contributed by atoms with E-state index in [-0.39, 0.29) is 23.4 Å². The van der Waals surface area contributed by atoms with Gasteiger partial charge < -0.3 is 24.1 Å². The summed E-state index contributed by atoms with van der Waals surface area (Å²) in [7, 11) is 3.37. The van der Waals surface area contributed by atoms with Crippen LogP contribution in [0.5, 0.6) is 5.75 Å². The number of ether oxygens (including phenoxy) is 2. The van der Waals surface area contributed by atoms with Gasteiger partial charge in [-0.3, -0.25) is 10.1 Å². The molecule has 2 fully saturated rings. The van der Waals surface area contributed by atoms with Crippen LogP contribution >= 0.6 is 11.8 Å². The number of methoxy groups -OCH3 is 2. The summed E-state index contributed by atoms with van der Waals surface area (Å²) in [6.07, 6.45) is 1.98. The fourth-order valence-corrected chi connectivity index (χ4v) is 5.33. The number of carbonyl (C=O) groups is 1. The lowest BCUT2D eigenvalue weighted by Crippen LogP contribution is -2.64. The summed E-state index contributed by atoms with van der Waals surface area (Å²) >= 11 is 1.64. The molecule has 4 rings (SSSR count). The van der Waals surface area contributed by atoms with E-state index in [9.17, 15) is 4.79 Å². The van der Waals surface area contributed by atoms with E-state index < -0.39 is 0 Å². The monoisotopic (exact) mass is 460 g/mol. The standard InChI is InChI=1S/C23H32N4O4S/c1-15-20(24-22(31-15)16-5-7-17(30-3)8-6-16)14-32-23-25-19-9-11-27(10-4-12-29-2)13-18(19)21(28)26-23/h5-8,18-19,23,25H,4,9-14H2,1-3H3,(H,26,28). The number of carbonyl (C=O) groups excluding carboxylic acids is 1. The van der Waals surface area contributed by atoms with E-state index in [0.29, 0.717) is 11.6 Å². The van der Waals surface area contributed by atoms with E-state index in [1.54, 1.807) is 26.0 Å². The summed E-state index contributed by atoms with van der Waals surface area (Å²) in [5.74, 6) is 2.99. The smallest absolute Gasteiger partial charge is 0.227 e. The van der Waals surface area contributed by atoms with Crippen molar-refractivity contribution in [3.05, 3.63) is 35.7 Å². The van der Waals surface area contributed by atoms with Gasteiger partial charge >= 0.3 is 0 Å². The lowest BCUT2D eigenvalue weighted by Gasteiger charge is -2.43. The number of piperidine rings is 1. The van der Waals surface area contributed by atoms with Crippen LogP contribution in [0, 0.1) is 12.8 Å². The molecule has 2 N–H and O–H groups in total.